The van der Waals surface area contributed by atoms with Gasteiger partial charge in [-0.3, -0.25) is 13.9 Å². The van der Waals surface area contributed by atoms with Gasteiger partial charge in [-0.2, -0.15) is 0 Å². The number of benzene rings is 3. The highest BCUT2D eigenvalue weighted by atomic mass is 32.2. The van der Waals surface area contributed by atoms with E-state index in [1.165, 1.54) is 4.90 Å². The zero-order valence-electron chi connectivity index (χ0n) is 24.5. The molecule has 8 nitrogen and oxygen atoms in total. The normalized spacial score (nSPS) is 12.7. The molecule has 0 saturated carbocycles. The van der Waals surface area contributed by atoms with Crippen LogP contribution in [-0.2, 0) is 39.0 Å². The Hall–Kier alpha value is -3.85. The van der Waals surface area contributed by atoms with Crippen LogP contribution in [0, 0.1) is 0 Å². The summed E-state index contributed by atoms with van der Waals surface area (Å²) in [6.07, 6.45) is 2.88. The Morgan fingerprint density at radius 3 is 2.15 bits per heavy atom. The van der Waals surface area contributed by atoms with E-state index in [0.717, 1.165) is 40.1 Å². The highest BCUT2D eigenvalue weighted by molar-refractivity contribution is 7.92. The van der Waals surface area contributed by atoms with Gasteiger partial charge in [0.2, 0.25) is 21.8 Å². The van der Waals surface area contributed by atoms with Crippen LogP contribution in [-0.4, -0.2) is 57.1 Å². The summed E-state index contributed by atoms with van der Waals surface area (Å²) in [5, 5.41) is 3.03. The molecule has 3 aromatic rings. The molecule has 0 aliphatic rings. The van der Waals surface area contributed by atoms with E-state index in [4.69, 9.17) is 4.74 Å². The van der Waals surface area contributed by atoms with Gasteiger partial charge in [0.25, 0.3) is 0 Å². The number of hydrogen-bond donors (Lipinski definition) is 1. The number of anilines is 1. The molecule has 0 spiro atoms. The zero-order chi connectivity index (χ0) is 30.0. The highest BCUT2D eigenvalue weighted by Gasteiger charge is 2.33. The Labute approximate surface area is 244 Å². The lowest BCUT2D eigenvalue weighted by Gasteiger charge is -2.34. The minimum atomic E-state index is -3.81. The van der Waals surface area contributed by atoms with Crippen molar-refractivity contribution in [3.63, 3.8) is 0 Å². The molecular weight excluding hydrogens is 538 g/mol. The number of amides is 2. The topological polar surface area (TPSA) is 96.0 Å². The summed E-state index contributed by atoms with van der Waals surface area (Å²) in [6.45, 7) is 5.55. The molecule has 41 heavy (non-hydrogen) atoms. The van der Waals surface area contributed by atoms with E-state index < -0.39 is 28.5 Å². The Bertz CT molecular complexity index is 1390. The number of rotatable bonds is 14. The molecule has 220 valence electrons. The predicted octanol–water partition coefficient (Wildman–Crippen LogP) is 4.58. The van der Waals surface area contributed by atoms with Gasteiger partial charge < -0.3 is 15.0 Å². The van der Waals surface area contributed by atoms with E-state index in [0.29, 0.717) is 11.4 Å². The summed E-state index contributed by atoms with van der Waals surface area (Å²) in [5.74, 6) is -0.164. The van der Waals surface area contributed by atoms with Crippen molar-refractivity contribution < 1.29 is 22.7 Å². The molecule has 2 amide bonds. The van der Waals surface area contributed by atoms with Crippen LogP contribution >= 0.6 is 0 Å². The minimum Gasteiger partial charge on any atom is -0.497 e. The molecule has 1 N–H and O–H groups in total. The third-order valence-corrected chi connectivity index (χ3v) is 8.21. The fourth-order valence-electron chi connectivity index (χ4n) is 4.47. The molecule has 9 heteroatoms. The van der Waals surface area contributed by atoms with E-state index in [1.54, 1.807) is 25.3 Å². The second-order valence-corrected chi connectivity index (χ2v) is 12.1. The first kappa shape index (κ1) is 31.7. The van der Waals surface area contributed by atoms with Crippen LogP contribution in [0.25, 0.3) is 0 Å². The molecule has 3 rings (SSSR count). The summed E-state index contributed by atoms with van der Waals surface area (Å²) in [4.78, 5) is 29.4. The van der Waals surface area contributed by atoms with Crippen molar-refractivity contribution in [1.82, 2.24) is 10.2 Å². The van der Waals surface area contributed by atoms with Gasteiger partial charge >= 0.3 is 0 Å². The molecule has 0 fully saturated rings. The van der Waals surface area contributed by atoms with Gasteiger partial charge in [-0.05, 0) is 60.7 Å². The van der Waals surface area contributed by atoms with Crippen molar-refractivity contribution in [3.05, 3.63) is 95.6 Å². The first-order valence-corrected chi connectivity index (χ1v) is 15.7. The number of carbonyl (C=O) groups is 2. The number of aryl methyl sites for hydroxylation is 1. The fraction of sp³-hybridized carbons (Fsp3) is 0.375. The SMILES string of the molecule is CCc1ccc(N(CC(=O)N(Cc2cccc(OC)c2)C(Cc2ccccc2)C(=O)NC(C)CC)S(C)(=O)=O)cc1. The molecule has 0 aliphatic carbocycles. The maximum absolute atomic E-state index is 14.2. The lowest BCUT2D eigenvalue weighted by atomic mass is 10.0. The molecule has 0 heterocycles. The van der Waals surface area contributed by atoms with Gasteiger partial charge in [0, 0.05) is 19.0 Å². The molecule has 0 saturated heterocycles. The maximum atomic E-state index is 14.2. The Kier molecular flexibility index (Phi) is 11.3. The fourth-order valence-corrected chi connectivity index (χ4v) is 5.32. The van der Waals surface area contributed by atoms with Gasteiger partial charge in [-0.1, -0.05) is 68.4 Å². The second-order valence-electron chi connectivity index (χ2n) is 10.2. The van der Waals surface area contributed by atoms with Crippen molar-refractivity contribution >= 4 is 27.5 Å². The smallest absolute Gasteiger partial charge is 0.244 e. The van der Waals surface area contributed by atoms with Crippen LogP contribution in [0.4, 0.5) is 5.69 Å². The maximum Gasteiger partial charge on any atom is 0.244 e. The number of sulfonamides is 1. The molecule has 2 atom stereocenters. The minimum absolute atomic E-state index is 0.0911. The van der Waals surface area contributed by atoms with Crippen LogP contribution in [0.2, 0.25) is 0 Å². The predicted molar refractivity (Wildman–Crippen MR) is 163 cm³/mol. The monoisotopic (exact) mass is 579 g/mol. The summed E-state index contributed by atoms with van der Waals surface area (Å²) in [5.41, 5.74) is 3.08. The van der Waals surface area contributed by atoms with Crippen LogP contribution in [0.15, 0.2) is 78.9 Å². The third-order valence-electron chi connectivity index (χ3n) is 7.07. The Balaban J connectivity index is 2.06. The number of nitrogens with zero attached hydrogens (tertiary/aromatic N) is 2. The van der Waals surface area contributed by atoms with Gasteiger partial charge in [-0.25, -0.2) is 8.42 Å². The average molecular weight is 580 g/mol. The summed E-state index contributed by atoms with van der Waals surface area (Å²) in [6, 6.07) is 22.9. The number of carbonyl (C=O) groups excluding carboxylic acids is 2. The second kappa shape index (κ2) is 14.7. The first-order valence-electron chi connectivity index (χ1n) is 13.9. The number of methoxy groups -OCH3 is 1. The number of nitrogens with one attached hydrogen (secondary N) is 1. The highest BCUT2D eigenvalue weighted by Crippen LogP contribution is 2.22. The first-order chi connectivity index (χ1) is 19.5. The largest absolute Gasteiger partial charge is 0.497 e. The van der Waals surface area contributed by atoms with Gasteiger partial charge in [-0.15, -0.1) is 0 Å². The lowest BCUT2D eigenvalue weighted by Crippen LogP contribution is -2.54. The number of hydrogen-bond acceptors (Lipinski definition) is 5. The molecule has 0 radical (unpaired) electrons. The molecule has 0 aromatic heterocycles. The standard InChI is InChI=1S/C32H41N3O5S/c1-6-24(3)33-32(37)30(21-26-12-9-8-10-13-26)34(22-27-14-11-15-29(20-27)40-4)31(36)23-35(41(5,38)39)28-18-16-25(7-2)17-19-28/h8-20,24,30H,6-7,21-23H2,1-5H3,(H,33,37). The molecule has 2 unspecified atom stereocenters. The van der Waals surface area contributed by atoms with E-state index >= 15 is 0 Å². The van der Waals surface area contributed by atoms with Gasteiger partial charge in [0.15, 0.2) is 0 Å². The van der Waals surface area contributed by atoms with E-state index in [9.17, 15) is 18.0 Å². The van der Waals surface area contributed by atoms with Crippen molar-refractivity contribution in [3.8, 4) is 5.75 Å². The zero-order valence-corrected chi connectivity index (χ0v) is 25.4. The van der Waals surface area contributed by atoms with Crippen molar-refractivity contribution in [1.29, 1.82) is 0 Å². The Morgan fingerprint density at radius 2 is 1.56 bits per heavy atom. The third kappa shape index (κ3) is 9.08. The quantitative estimate of drug-likeness (QED) is 0.302. The van der Waals surface area contributed by atoms with Crippen LogP contribution in [0.1, 0.15) is 43.9 Å². The van der Waals surface area contributed by atoms with Gasteiger partial charge in [0.05, 0.1) is 19.1 Å². The number of ether oxygens (including phenoxy) is 1. The average Bonchev–Trinajstić information content (AvgIpc) is 2.97. The van der Waals surface area contributed by atoms with Crippen molar-refractivity contribution in [2.24, 2.45) is 0 Å². The Morgan fingerprint density at radius 1 is 0.902 bits per heavy atom. The summed E-state index contributed by atoms with van der Waals surface area (Å²) in [7, 11) is -2.25. The van der Waals surface area contributed by atoms with E-state index in [1.807, 2.05) is 81.4 Å². The molecule has 0 bridgehead atoms. The van der Waals surface area contributed by atoms with Crippen molar-refractivity contribution in [2.45, 2.75) is 58.7 Å². The van der Waals surface area contributed by atoms with E-state index in [-0.39, 0.29) is 24.9 Å². The van der Waals surface area contributed by atoms with Gasteiger partial charge in [0.1, 0.15) is 18.3 Å². The molecular formula is C32H41N3O5S. The lowest BCUT2D eigenvalue weighted by molar-refractivity contribution is -0.140. The van der Waals surface area contributed by atoms with Crippen molar-refractivity contribution in [2.75, 3.05) is 24.2 Å². The molecule has 0 aliphatic heterocycles. The van der Waals surface area contributed by atoms with E-state index in [2.05, 4.69) is 5.32 Å². The summed E-state index contributed by atoms with van der Waals surface area (Å²) < 4.78 is 32.3. The molecule has 3 aromatic carbocycles. The van der Waals surface area contributed by atoms with Crippen LogP contribution in [0.3, 0.4) is 0 Å². The van der Waals surface area contributed by atoms with Crippen LogP contribution in [0.5, 0.6) is 5.75 Å². The van der Waals surface area contributed by atoms with Crippen LogP contribution < -0.4 is 14.4 Å². The summed E-state index contributed by atoms with van der Waals surface area (Å²) >= 11 is 0.